The molecule has 2 aromatic heterocycles. The molecule has 1 saturated heterocycles. The number of carbonyl (C=O) groups is 1. The van der Waals surface area contributed by atoms with E-state index in [0.717, 1.165) is 17.7 Å². The molecule has 1 fully saturated rings. The Morgan fingerprint density at radius 1 is 1.57 bits per heavy atom. The van der Waals surface area contributed by atoms with Crippen LogP contribution in [-0.4, -0.2) is 39.4 Å². The van der Waals surface area contributed by atoms with Crippen LogP contribution in [0.4, 0.5) is 0 Å². The van der Waals surface area contributed by atoms with E-state index < -0.39 is 6.04 Å². The van der Waals surface area contributed by atoms with E-state index in [4.69, 9.17) is 17.0 Å². The minimum atomic E-state index is -0.432. The number of carbonyl (C=O) groups excluding carboxylic acids is 1. The number of H-pyrrole nitrogens is 1. The Bertz CT molecular complexity index is 729. The molecule has 2 N–H and O–H groups in total. The fourth-order valence-electron chi connectivity index (χ4n) is 2.71. The molecule has 0 saturated carbocycles. The average molecular weight is 352 g/mol. The minimum Gasteiger partial charge on any atom is -0.381 e. The third-order valence-electron chi connectivity index (χ3n) is 4.23. The molecule has 0 aliphatic carbocycles. The molecule has 8 heteroatoms. The van der Waals surface area contributed by atoms with Crippen molar-refractivity contribution in [2.75, 3.05) is 13.2 Å². The topological polar surface area (TPSA) is 71.9 Å². The van der Waals surface area contributed by atoms with Gasteiger partial charge in [0.2, 0.25) is 5.91 Å². The first-order valence-electron chi connectivity index (χ1n) is 7.61. The molecule has 3 rings (SSSR count). The van der Waals surface area contributed by atoms with Crippen LogP contribution in [0.5, 0.6) is 0 Å². The van der Waals surface area contributed by atoms with Gasteiger partial charge >= 0.3 is 0 Å². The molecule has 124 valence electrons. The molecule has 6 nitrogen and oxygen atoms in total. The number of nitrogens with zero attached hydrogens (tertiary/aromatic N) is 2. The van der Waals surface area contributed by atoms with Crippen LogP contribution in [-0.2, 0) is 9.53 Å². The lowest BCUT2D eigenvalue weighted by Crippen LogP contribution is -2.51. The Labute approximate surface area is 143 Å². The van der Waals surface area contributed by atoms with Gasteiger partial charge in [0.25, 0.3) is 0 Å². The molecule has 23 heavy (non-hydrogen) atoms. The maximum atomic E-state index is 12.7. The normalized spacial score (nSPS) is 18.5. The van der Waals surface area contributed by atoms with Crippen LogP contribution in [0.1, 0.15) is 32.7 Å². The fraction of sp³-hybridized carbons (Fsp3) is 0.533. The van der Waals surface area contributed by atoms with E-state index >= 15 is 0 Å². The molecular formula is C15H20N4O2S2. The zero-order valence-corrected chi connectivity index (χ0v) is 14.8. The van der Waals surface area contributed by atoms with E-state index in [1.165, 1.54) is 0 Å². The molecule has 0 unspecified atom stereocenters. The van der Waals surface area contributed by atoms with Crippen LogP contribution in [0.15, 0.2) is 17.5 Å². The average Bonchev–Trinajstić information content (AvgIpc) is 3.16. The van der Waals surface area contributed by atoms with Gasteiger partial charge in [-0.1, -0.05) is 6.07 Å². The van der Waals surface area contributed by atoms with Crippen molar-refractivity contribution in [2.24, 2.45) is 0 Å². The van der Waals surface area contributed by atoms with Crippen molar-refractivity contribution in [3.8, 4) is 10.7 Å². The molecule has 1 aliphatic rings. The van der Waals surface area contributed by atoms with E-state index in [2.05, 4.69) is 22.4 Å². The molecule has 0 radical (unpaired) electrons. The predicted molar refractivity (Wildman–Crippen MR) is 92.0 cm³/mol. The second kappa shape index (κ2) is 6.54. The van der Waals surface area contributed by atoms with Crippen molar-refractivity contribution in [3.63, 3.8) is 0 Å². The molecule has 0 aromatic carbocycles. The zero-order valence-electron chi connectivity index (χ0n) is 13.2. The largest absolute Gasteiger partial charge is 0.381 e. The minimum absolute atomic E-state index is 0.0512. The Morgan fingerprint density at radius 3 is 2.96 bits per heavy atom. The van der Waals surface area contributed by atoms with Gasteiger partial charge in [0.05, 0.1) is 4.88 Å². The van der Waals surface area contributed by atoms with E-state index in [1.54, 1.807) is 15.9 Å². The number of hydrogen-bond donors (Lipinski definition) is 2. The number of ether oxygens (including phenoxy) is 1. The highest BCUT2D eigenvalue weighted by Crippen LogP contribution is 2.26. The molecule has 1 atom stereocenters. The third kappa shape index (κ3) is 3.39. The number of aromatic nitrogens is 3. The molecule has 0 bridgehead atoms. The standard InChI is InChI=1S/C15H20N4O2S2/c1-10(13(20)16-15(2)5-7-21-8-6-15)19-12(17-18-14(19)22)11-4-3-9-23-11/h3-4,9-10H,5-8H2,1-2H3,(H,16,20)(H,18,22)/t10-/m1/s1. The van der Waals surface area contributed by atoms with Gasteiger partial charge in [0, 0.05) is 18.8 Å². The quantitative estimate of drug-likeness (QED) is 0.830. The summed E-state index contributed by atoms with van der Waals surface area (Å²) in [6.45, 7) is 5.27. The van der Waals surface area contributed by atoms with E-state index in [-0.39, 0.29) is 11.4 Å². The van der Waals surface area contributed by atoms with Gasteiger partial charge < -0.3 is 10.1 Å². The zero-order chi connectivity index (χ0) is 16.4. The fourth-order valence-corrected chi connectivity index (χ4v) is 3.71. The summed E-state index contributed by atoms with van der Waals surface area (Å²) in [5, 5.41) is 12.2. The Morgan fingerprint density at radius 2 is 2.30 bits per heavy atom. The summed E-state index contributed by atoms with van der Waals surface area (Å²) in [4.78, 5) is 13.7. The maximum Gasteiger partial charge on any atom is 0.243 e. The van der Waals surface area contributed by atoms with Crippen molar-refractivity contribution in [1.29, 1.82) is 0 Å². The molecule has 1 amide bonds. The van der Waals surface area contributed by atoms with Crippen molar-refractivity contribution in [2.45, 2.75) is 38.3 Å². The van der Waals surface area contributed by atoms with Crippen LogP contribution in [0.3, 0.4) is 0 Å². The maximum absolute atomic E-state index is 12.7. The highest BCUT2D eigenvalue weighted by molar-refractivity contribution is 7.71. The monoisotopic (exact) mass is 352 g/mol. The summed E-state index contributed by atoms with van der Waals surface area (Å²) < 4.78 is 7.61. The Hall–Kier alpha value is -1.51. The summed E-state index contributed by atoms with van der Waals surface area (Å²) >= 11 is 6.89. The first-order valence-corrected chi connectivity index (χ1v) is 8.89. The van der Waals surface area contributed by atoms with Crippen LogP contribution < -0.4 is 5.32 Å². The highest BCUT2D eigenvalue weighted by atomic mass is 32.1. The van der Waals surface area contributed by atoms with Crippen LogP contribution in [0, 0.1) is 4.77 Å². The Balaban J connectivity index is 1.83. The van der Waals surface area contributed by atoms with Gasteiger partial charge in [-0.25, -0.2) is 0 Å². The van der Waals surface area contributed by atoms with Gasteiger partial charge in [0.1, 0.15) is 6.04 Å². The van der Waals surface area contributed by atoms with Crippen LogP contribution in [0.2, 0.25) is 0 Å². The van der Waals surface area contributed by atoms with Crippen molar-refractivity contribution in [1.82, 2.24) is 20.1 Å². The predicted octanol–water partition coefficient (Wildman–Crippen LogP) is 2.92. The molecule has 3 heterocycles. The van der Waals surface area contributed by atoms with Gasteiger partial charge in [-0.15, -0.1) is 11.3 Å². The number of aromatic amines is 1. The van der Waals surface area contributed by atoms with E-state index in [1.807, 2.05) is 24.4 Å². The highest BCUT2D eigenvalue weighted by Gasteiger charge is 2.31. The first-order chi connectivity index (χ1) is 11.0. The number of hydrogen-bond acceptors (Lipinski definition) is 5. The van der Waals surface area contributed by atoms with E-state index in [0.29, 0.717) is 23.8 Å². The van der Waals surface area contributed by atoms with Gasteiger partial charge in [0.15, 0.2) is 10.6 Å². The lowest BCUT2D eigenvalue weighted by molar-refractivity contribution is -0.126. The van der Waals surface area contributed by atoms with E-state index in [9.17, 15) is 4.79 Å². The SMILES string of the molecule is C[C@H](C(=O)NC1(C)CCOCC1)n1c(-c2cccs2)n[nH]c1=S. The summed E-state index contributed by atoms with van der Waals surface area (Å²) in [7, 11) is 0. The number of rotatable bonds is 4. The van der Waals surface area contributed by atoms with Gasteiger partial charge in [-0.3, -0.25) is 14.5 Å². The van der Waals surface area contributed by atoms with Crippen molar-refractivity contribution >= 4 is 29.5 Å². The second-order valence-corrected chi connectivity index (χ2v) is 7.37. The third-order valence-corrected chi connectivity index (χ3v) is 5.39. The van der Waals surface area contributed by atoms with Crippen molar-refractivity contribution in [3.05, 3.63) is 22.3 Å². The molecule has 1 aliphatic heterocycles. The van der Waals surface area contributed by atoms with Crippen LogP contribution in [0.25, 0.3) is 10.7 Å². The number of nitrogens with one attached hydrogen (secondary N) is 2. The summed E-state index contributed by atoms with van der Waals surface area (Å²) in [6, 6.07) is 3.49. The summed E-state index contributed by atoms with van der Waals surface area (Å²) in [5.41, 5.74) is -0.224. The first kappa shape index (κ1) is 16.4. The number of thiophene rings is 1. The summed E-state index contributed by atoms with van der Waals surface area (Å²) in [6.07, 6.45) is 1.64. The smallest absolute Gasteiger partial charge is 0.243 e. The Kier molecular flexibility index (Phi) is 4.65. The van der Waals surface area contributed by atoms with Gasteiger partial charge in [-0.2, -0.15) is 5.10 Å². The molecule has 0 spiro atoms. The van der Waals surface area contributed by atoms with Gasteiger partial charge in [-0.05, 0) is 50.4 Å². The molecule has 2 aromatic rings. The lowest BCUT2D eigenvalue weighted by atomic mass is 9.92. The van der Waals surface area contributed by atoms with Crippen LogP contribution >= 0.6 is 23.6 Å². The molecular weight excluding hydrogens is 332 g/mol. The lowest BCUT2D eigenvalue weighted by Gasteiger charge is -2.35. The second-order valence-electron chi connectivity index (χ2n) is 6.04. The van der Waals surface area contributed by atoms with Crippen molar-refractivity contribution < 1.29 is 9.53 Å². The number of amides is 1. The summed E-state index contributed by atoms with van der Waals surface area (Å²) in [5.74, 6) is 0.648.